The average molecular weight is 441 g/mol. The lowest BCUT2D eigenvalue weighted by molar-refractivity contribution is 0.154. The van der Waals surface area contributed by atoms with E-state index in [4.69, 9.17) is 14.5 Å². The quantitative estimate of drug-likeness (QED) is 0.289. The van der Waals surface area contributed by atoms with E-state index in [1.54, 1.807) is 7.11 Å². The van der Waals surface area contributed by atoms with Gasteiger partial charge in [0.2, 0.25) is 0 Å². The molecule has 0 bridgehead atoms. The monoisotopic (exact) mass is 440 g/mol. The van der Waals surface area contributed by atoms with E-state index in [1.165, 1.54) is 19.1 Å². The summed E-state index contributed by atoms with van der Waals surface area (Å²) in [4.78, 5) is 7.28. The molecule has 1 saturated heterocycles. The topological polar surface area (TPSA) is 92.3 Å². The van der Waals surface area contributed by atoms with Gasteiger partial charge in [0.05, 0.1) is 38.7 Å². The first-order chi connectivity index (χ1) is 14.4. The first-order valence-electron chi connectivity index (χ1n) is 10.6. The molecule has 1 unspecified atom stereocenters. The molecule has 0 aromatic heterocycles. The Morgan fingerprint density at radius 3 is 2.60 bits per heavy atom. The standard InChI is InChI=1S/C21H36N4O4S/c1-4-22-21(23-11-14-29-15-16-30(3,26)27)24-17-19(25-12-7-8-13-25)18-9-5-6-10-20(18)28-2/h5-6,9-10,19H,4,7-8,11-17H2,1-3H3,(H2,22,23,24). The van der Waals surface area contributed by atoms with Crippen molar-refractivity contribution >= 4 is 15.8 Å². The molecule has 9 heteroatoms. The molecule has 1 atom stereocenters. The van der Waals surface area contributed by atoms with Crippen LogP contribution < -0.4 is 15.4 Å². The van der Waals surface area contributed by atoms with Gasteiger partial charge in [-0.15, -0.1) is 0 Å². The summed E-state index contributed by atoms with van der Waals surface area (Å²) < 4.78 is 33.3. The van der Waals surface area contributed by atoms with Crippen molar-refractivity contribution in [1.82, 2.24) is 15.5 Å². The van der Waals surface area contributed by atoms with Gasteiger partial charge in [-0.1, -0.05) is 18.2 Å². The molecule has 0 spiro atoms. The first kappa shape index (κ1) is 24.4. The number of benzene rings is 1. The third-order valence-electron chi connectivity index (χ3n) is 4.98. The lowest BCUT2D eigenvalue weighted by atomic mass is 10.0. The summed E-state index contributed by atoms with van der Waals surface area (Å²) in [5.74, 6) is 1.66. The van der Waals surface area contributed by atoms with Crippen molar-refractivity contribution in [2.75, 3.05) is 65.1 Å². The third kappa shape index (κ3) is 8.49. The van der Waals surface area contributed by atoms with E-state index in [0.717, 1.165) is 36.9 Å². The molecule has 0 radical (unpaired) electrons. The Balaban J connectivity index is 1.97. The molecular weight excluding hydrogens is 404 g/mol. The summed E-state index contributed by atoms with van der Waals surface area (Å²) in [6, 6.07) is 8.31. The van der Waals surface area contributed by atoms with Crippen LogP contribution in [0.1, 0.15) is 31.4 Å². The van der Waals surface area contributed by atoms with E-state index in [0.29, 0.717) is 19.7 Å². The van der Waals surface area contributed by atoms with Gasteiger partial charge in [0.15, 0.2) is 5.96 Å². The molecule has 1 aromatic rings. The summed E-state index contributed by atoms with van der Waals surface area (Å²) in [5, 5.41) is 6.52. The highest BCUT2D eigenvalue weighted by molar-refractivity contribution is 7.90. The lowest BCUT2D eigenvalue weighted by Crippen LogP contribution is -2.40. The minimum Gasteiger partial charge on any atom is -0.496 e. The smallest absolute Gasteiger partial charge is 0.191 e. The van der Waals surface area contributed by atoms with Crippen LogP contribution in [-0.2, 0) is 14.6 Å². The van der Waals surface area contributed by atoms with Crippen molar-refractivity contribution in [2.24, 2.45) is 4.99 Å². The maximum absolute atomic E-state index is 11.1. The third-order valence-corrected chi connectivity index (χ3v) is 5.89. The van der Waals surface area contributed by atoms with E-state index in [1.807, 2.05) is 25.1 Å². The Labute approximate surface area is 181 Å². The van der Waals surface area contributed by atoms with Crippen molar-refractivity contribution in [3.63, 3.8) is 0 Å². The molecule has 0 aliphatic carbocycles. The molecule has 30 heavy (non-hydrogen) atoms. The molecule has 8 nitrogen and oxygen atoms in total. The Morgan fingerprint density at radius 1 is 1.20 bits per heavy atom. The number of sulfone groups is 1. The molecule has 1 aromatic carbocycles. The second-order valence-corrected chi connectivity index (χ2v) is 9.65. The van der Waals surface area contributed by atoms with Crippen LogP contribution in [0.4, 0.5) is 0 Å². The van der Waals surface area contributed by atoms with Crippen LogP contribution in [0.25, 0.3) is 0 Å². The number of nitrogens with zero attached hydrogens (tertiary/aromatic N) is 2. The number of methoxy groups -OCH3 is 1. The molecular formula is C21H36N4O4S. The van der Waals surface area contributed by atoms with Gasteiger partial charge in [0, 0.05) is 24.9 Å². The molecule has 1 aliphatic rings. The molecule has 1 aliphatic heterocycles. The molecule has 170 valence electrons. The number of likely N-dealkylation sites (tertiary alicyclic amines) is 1. The lowest BCUT2D eigenvalue weighted by Gasteiger charge is -2.28. The van der Waals surface area contributed by atoms with Crippen molar-refractivity contribution in [3.8, 4) is 5.75 Å². The summed E-state index contributed by atoms with van der Waals surface area (Å²) in [6.45, 7) is 6.71. The van der Waals surface area contributed by atoms with Crippen molar-refractivity contribution in [1.29, 1.82) is 0 Å². The second-order valence-electron chi connectivity index (χ2n) is 7.39. The van der Waals surface area contributed by atoms with Crippen molar-refractivity contribution in [3.05, 3.63) is 29.8 Å². The maximum atomic E-state index is 11.1. The number of ether oxygens (including phenoxy) is 2. The van der Waals surface area contributed by atoms with Gasteiger partial charge in [-0.2, -0.15) is 0 Å². The van der Waals surface area contributed by atoms with Gasteiger partial charge in [-0.3, -0.25) is 9.89 Å². The summed E-state index contributed by atoms with van der Waals surface area (Å²) in [6.07, 6.45) is 3.63. The summed E-state index contributed by atoms with van der Waals surface area (Å²) in [5.41, 5.74) is 1.16. The van der Waals surface area contributed by atoms with Gasteiger partial charge in [-0.25, -0.2) is 8.42 Å². The zero-order chi connectivity index (χ0) is 21.8. The molecule has 2 N–H and O–H groups in total. The highest BCUT2D eigenvalue weighted by Crippen LogP contribution is 2.31. The van der Waals surface area contributed by atoms with Crippen LogP contribution in [0, 0.1) is 0 Å². The van der Waals surface area contributed by atoms with Crippen molar-refractivity contribution < 1.29 is 17.9 Å². The predicted octanol–water partition coefficient (Wildman–Crippen LogP) is 1.45. The van der Waals surface area contributed by atoms with Gasteiger partial charge in [-0.05, 0) is 38.9 Å². The number of hydrogen-bond acceptors (Lipinski definition) is 6. The van der Waals surface area contributed by atoms with Gasteiger partial charge in [0.1, 0.15) is 15.6 Å². The fraction of sp³-hybridized carbons (Fsp3) is 0.667. The summed E-state index contributed by atoms with van der Waals surface area (Å²) >= 11 is 0. The van der Waals surface area contributed by atoms with Crippen LogP contribution in [0.3, 0.4) is 0 Å². The highest BCUT2D eigenvalue weighted by Gasteiger charge is 2.25. The number of aliphatic imine (C=N–C) groups is 1. The molecule has 1 heterocycles. The number of para-hydroxylation sites is 1. The number of rotatable bonds is 12. The van der Waals surface area contributed by atoms with Crippen LogP contribution in [0.2, 0.25) is 0 Å². The Kier molecular flexibility index (Phi) is 10.4. The van der Waals surface area contributed by atoms with Crippen LogP contribution in [-0.4, -0.2) is 84.3 Å². The maximum Gasteiger partial charge on any atom is 0.191 e. The van der Waals surface area contributed by atoms with E-state index in [9.17, 15) is 8.42 Å². The Morgan fingerprint density at radius 2 is 1.93 bits per heavy atom. The van der Waals surface area contributed by atoms with Crippen LogP contribution in [0.15, 0.2) is 29.3 Å². The van der Waals surface area contributed by atoms with Gasteiger partial charge >= 0.3 is 0 Å². The highest BCUT2D eigenvalue weighted by atomic mass is 32.2. The van der Waals surface area contributed by atoms with Crippen molar-refractivity contribution in [2.45, 2.75) is 25.8 Å². The minimum atomic E-state index is -2.99. The molecule has 1 fully saturated rings. The van der Waals surface area contributed by atoms with E-state index in [-0.39, 0.29) is 18.4 Å². The van der Waals surface area contributed by atoms with Crippen LogP contribution in [0.5, 0.6) is 5.75 Å². The summed E-state index contributed by atoms with van der Waals surface area (Å²) in [7, 11) is -1.28. The zero-order valence-electron chi connectivity index (χ0n) is 18.4. The molecule has 0 saturated carbocycles. The first-order valence-corrected chi connectivity index (χ1v) is 12.6. The Bertz CT molecular complexity index is 764. The SMILES string of the molecule is CCNC(=NCC(c1ccccc1OC)N1CCCC1)NCCOCCS(C)(=O)=O. The van der Waals surface area contributed by atoms with Gasteiger partial charge in [0.25, 0.3) is 0 Å². The number of guanidine groups is 1. The predicted molar refractivity (Wildman–Crippen MR) is 121 cm³/mol. The zero-order valence-corrected chi connectivity index (χ0v) is 19.2. The van der Waals surface area contributed by atoms with E-state index < -0.39 is 9.84 Å². The fourth-order valence-corrected chi connectivity index (χ4v) is 3.90. The van der Waals surface area contributed by atoms with E-state index in [2.05, 4.69) is 21.6 Å². The number of hydrogen-bond donors (Lipinski definition) is 2. The largest absolute Gasteiger partial charge is 0.496 e. The average Bonchev–Trinajstić information content (AvgIpc) is 3.24. The van der Waals surface area contributed by atoms with Crippen LogP contribution >= 0.6 is 0 Å². The fourth-order valence-electron chi connectivity index (χ4n) is 3.48. The minimum absolute atomic E-state index is 0.0393. The molecule has 2 rings (SSSR count). The van der Waals surface area contributed by atoms with Gasteiger partial charge < -0.3 is 20.1 Å². The van der Waals surface area contributed by atoms with E-state index >= 15 is 0 Å². The second kappa shape index (κ2) is 12.8. The number of nitrogens with one attached hydrogen (secondary N) is 2. The molecule has 0 amide bonds. The normalized spacial score (nSPS) is 16.4. The Hall–Kier alpha value is -1.84.